The van der Waals surface area contributed by atoms with Gasteiger partial charge in [-0.25, -0.2) is 0 Å². The molecule has 11 atom stereocenters. The van der Waals surface area contributed by atoms with Crippen molar-refractivity contribution in [3.63, 3.8) is 0 Å². The first kappa shape index (κ1) is 25.0. The average Bonchev–Trinajstić information content (AvgIpc) is 3.10. The van der Waals surface area contributed by atoms with Crippen molar-refractivity contribution in [1.82, 2.24) is 5.32 Å². The number of carbonyl (C=O) groups excluding carboxylic acids is 1. The van der Waals surface area contributed by atoms with Gasteiger partial charge in [-0.2, -0.15) is 0 Å². The van der Waals surface area contributed by atoms with E-state index in [2.05, 4.69) is 26.1 Å². The van der Waals surface area contributed by atoms with E-state index < -0.39 is 12.0 Å². The van der Waals surface area contributed by atoms with Crippen molar-refractivity contribution in [3.8, 4) is 0 Å². The number of carboxylic acids is 1. The molecule has 4 saturated carbocycles. The molecule has 2 unspecified atom stereocenters. The second-order valence-corrected chi connectivity index (χ2v) is 12.6. The van der Waals surface area contributed by atoms with Gasteiger partial charge in [-0.1, -0.05) is 20.8 Å². The zero-order valence-electron chi connectivity index (χ0n) is 20.9. The lowest BCUT2D eigenvalue weighted by atomic mass is 9.43. The van der Waals surface area contributed by atoms with E-state index in [0.717, 1.165) is 51.4 Å². The van der Waals surface area contributed by atoms with Crippen molar-refractivity contribution in [1.29, 1.82) is 0 Å². The van der Waals surface area contributed by atoms with Gasteiger partial charge in [-0.15, -0.1) is 0 Å². The second kappa shape index (κ2) is 9.14. The minimum absolute atomic E-state index is 0.179. The quantitative estimate of drug-likeness (QED) is 0.477. The normalized spacial score (nSPS) is 46.4. The van der Waals surface area contributed by atoms with Crippen LogP contribution >= 0.6 is 0 Å². The molecular formula is C27H45NO5. The smallest absolute Gasteiger partial charge is 0.325 e. The average molecular weight is 464 g/mol. The van der Waals surface area contributed by atoms with Gasteiger partial charge in [0.05, 0.1) is 12.2 Å². The molecule has 0 bridgehead atoms. The fourth-order valence-electron chi connectivity index (χ4n) is 9.11. The molecule has 4 aliphatic rings. The van der Waals surface area contributed by atoms with Gasteiger partial charge in [0.25, 0.3) is 0 Å². The van der Waals surface area contributed by atoms with Crippen molar-refractivity contribution in [2.24, 2.45) is 46.3 Å². The van der Waals surface area contributed by atoms with E-state index in [-0.39, 0.29) is 28.9 Å². The van der Waals surface area contributed by atoms with Gasteiger partial charge in [-0.3, -0.25) is 9.59 Å². The Labute approximate surface area is 198 Å². The molecule has 0 spiro atoms. The summed E-state index contributed by atoms with van der Waals surface area (Å²) in [7, 11) is 0. The Morgan fingerprint density at radius 2 is 1.64 bits per heavy atom. The molecule has 4 fully saturated rings. The molecule has 0 aromatic carbocycles. The monoisotopic (exact) mass is 463 g/mol. The van der Waals surface area contributed by atoms with Crippen LogP contribution in [0.25, 0.3) is 0 Å². The zero-order valence-corrected chi connectivity index (χ0v) is 20.9. The molecule has 0 saturated heterocycles. The summed E-state index contributed by atoms with van der Waals surface area (Å²) < 4.78 is 0. The summed E-state index contributed by atoms with van der Waals surface area (Å²) in [6.07, 6.45) is 9.02. The predicted octanol–water partition coefficient (Wildman–Crippen LogP) is 3.98. The number of carbonyl (C=O) groups is 2. The highest BCUT2D eigenvalue weighted by Crippen LogP contribution is 2.68. The van der Waals surface area contributed by atoms with Crippen LogP contribution in [0.4, 0.5) is 0 Å². The van der Waals surface area contributed by atoms with Gasteiger partial charge < -0.3 is 20.6 Å². The highest BCUT2D eigenvalue weighted by atomic mass is 16.4. The Morgan fingerprint density at radius 1 is 0.970 bits per heavy atom. The molecule has 6 heteroatoms. The van der Waals surface area contributed by atoms with E-state index in [1.807, 2.05) is 0 Å². The maximum Gasteiger partial charge on any atom is 0.325 e. The molecule has 4 N–H and O–H groups in total. The van der Waals surface area contributed by atoms with Crippen molar-refractivity contribution < 1.29 is 24.9 Å². The number of hydrogen-bond acceptors (Lipinski definition) is 4. The van der Waals surface area contributed by atoms with Crippen molar-refractivity contribution in [3.05, 3.63) is 0 Å². The van der Waals surface area contributed by atoms with Crippen LogP contribution in [-0.2, 0) is 9.59 Å². The van der Waals surface area contributed by atoms with Crippen LogP contribution in [0, 0.1) is 46.3 Å². The summed E-state index contributed by atoms with van der Waals surface area (Å²) in [5, 5.41) is 33.2. The molecule has 6 nitrogen and oxygen atoms in total. The van der Waals surface area contributed by atoms with Crippen LogP contribution in [0.1, 0.15) is 91.9 Å². The number of nitrogens with one attached hydrogen (secondary N) is 1. The highest BCUT2D eigenvalue weighted by Gasteiger charge is 2.62. The Balaban J connectivity index is 1.43. The van der Waals surface area contributed by atoms with Crippen molar-refractivity contribution >= 4 is 11.9 Å². The fourth-order valence-corrected chi connectivity index (χ4v) is 9.11. The number of rotatable bonds is 6. The molecule has 4 rings (SSSR count). The SMILES string of the molecule is CC(NC(=O)CCC(C)[C@H]1CC[C@H]2[C@@H]3[C@@H](O)C[C@@H]4C[C@H](O)CC[C@]4(C)[C@H]3CC[C@]12C)C(=O)O. The largest absolute Gasteiger partial charge is 0.480 e. The topological polar surface area (TPSA) is 107 Å². The van der Waals surface area contributed by atoms with Gasteiger partial charge in [0.15, 0.2) is 0 Å². The lowest BCUT2D eigenvalue weighted by Crippen LogP contribution is -2.58. The molecular weight excluding hydrogens is 418 g/mol. The summed E-state index contributed by atoms with van der Waals surface area (Å²) >= 11 is 0. The molecule has 33 heavy (non-hydrogen) atoms. The maximum absolute atomic E-state index is 12.2. The Hall–Kier alpha value is -1.14. The third-order valence-corrected chi connectivity index (χ3v) is 11.0. The summed E-state index contributed by atoms with van der Waals surface area (Å²) in [5.74, 6) is 1.63. The van der Waals surface area contributed by atoms with Gasteiger partial charge in [0.1, 0.15) is 6.04 Å². The number of aliphatic hydroxyl groups is 2. The Morgan fingerprint density at radius 3 is 2.33 bits per heavy atom. The summed E-state index contributed by atoms with van der Waals surface area (Å²) in [6.45, 7) is 8.65. The van der Waals surface area contributed by atoms with Gasteiger partial charge in [-0.05, 0) is 111 Å². The van der Waals surface area contributed by atoms with Crippen LogP contribution < -0.4 is 5.32 Å². The first-order valence-electron chi connectivity index (χ1n) is 13.4. The highest BCUT2D eigenvalue weighted by molar-refractivity contribution is 5.83. The first-order chi connectivity index (χ1) is 15.5. The number of amides is 1. The fraction of sp³-hybridized carbons (Fsp3) is 0.926. The summed E-state index contributed by atoms with van der Waals surface area (Å²) in [4.78, 5) is 23.2. The van der Waals surface area contributed by atoms with Crippen LogP contribution in [0.3, 0.4) is 0 Å². The lowest BCUT2D eigenvalue weighted by Gasteiger charge is -2.62. The van der Waals surface area contributed by atoms with E-state index in [0.29, 0.717) is 41.9 Å². The number of aliphatic hydroxyl groups excluding tert-OH is 2. The van der Waals surface area contributed by atoms with E-state index in [1.165, 1.54) is 13.3 Å². The first-order valence-corrected chi connectivity index (χ1v) is 13.4. The third kappa shape index (κ3) is 4.35. The molecule has 0 aliphatic heterocycles. The predicted molar refractivity (Wildman–Crippen MR) is 126 cm³/mol. The van der Waals surface area contributed by atoms with E-state index in [4.69, 9.17) is 5.11 Å². The van der Waals surface area contributed by atoms with E-state index in [1.54, 1.807) is 0 Å². The Bertz CT molecular complexity index is 757. The number of fused-ring (bicyclic) bond motifs is 5. The van der Waals surface area contributed by atoms with Crippen molar-refractivity contribution in [2.75, 3.05) is 0 Å². The lowest BCUT2D eigenvalue weighted by molar-refractivity contribution is -0.174. The maximum atomic E-state index is 12.2. The van der Waals surface area contributed by atoms with Gasteiger partial charge in [0, 0.05) is 6.42 Å². The molecule has 1 amide bonds. The van der Waals surface area contributed by atoms with E-state index in [9.17, 15) is 19.8 Å². The second-order valence-electron chi connectivity index (χ2n) is 12.6. The Kier molecular flexibility index (Phi) is 6.92. The molecule has 0 radical (unpaired) electrons. The van der Waals surface area contributed by atoms with Crippen molar-refractivity contribution in [2.45, 2.75) is 110 Å². The standard InChI is InChI=1S/C27H45NO5/c1-15(5-8-23(31)28-16(2)25(32)33)19-6-7-20-24-21(10-12-27(19,20)4)26(3)11-9-18(29)13-17(26)14-22(24)30/h15-22,24,29-30H,5-14H2,1-4H3,(H,28,31)(H,32,33)/t15?,16?,17-,18+,19+,20-,21-,22-,24-,26-,27+/m0/s1. The minimum atomic E-state index is -1.01. The number of aliphatic carboxylic acids is 1. The third-order valence-electron chi connectivity index (χ3n) is 11.0. The molecule has 0 aromatic heterocycles. The molecule has 0 aromatic rings. The summed E-state index contributed by atoms with van der Waals surface area (Å²) in [6, 6.07) is -0.852. The molecule has 0 heterocycles. The van der Waals surface area contributed by atoms with Crippen LogP contribution in [0.2, 0.25) is 0 Å². The van der Waals surface area contributed by atoms with Gasteiger partial charge >= 0.3 is 5.97 Å². The number of hydrogen-bond donors (Lipinski definition) is 4. The number of carboxylic acid groups (broad SMARTS) is 1. The molecule has 4 aliphatic carbocycles. The van der Waals surface area contributed by atoms with Crippen LogP contribution in [0.15, 0.2) is 0 Å². The van der Waals surface area contributed by atoms with Crippen LogP contribution in [-0.4, -0.2) is 45.4 Å². The van der Waals surface area contributed by atoms with E-state index >= 15 is 0 Å². The zero-order chi connectivity index (χ0) is 24.1. The van der Waals surface area contributed by atoms with Gasteiger partial charge in [0.2, 0.25) is 5.91 Å². The molecule has 188 valence electrons. The summed E-state index contributed by atoms with van der Waals surface area (Å²) in [5.41, 5.74) is 0.441. The minimum Gasteiger partial charge on any atom is -0.480 e. The van der Waals surface area contributed by atoms with Crippen LogP contribution in [0.5, 0.6) is 0 Å².